The van der Waals surface area contributed by atoms with E-state index in [-0.39, 0.29) is 11.3 Å². The molecular formula is C14H24N4O. The van der Waals surface area contributed by atoms with Crippen LogP contribution in [0.25, 0.3) is 0 Å². The molecule has 2 rings (SSSR count). The summed E-state index contributed by atoms with van der Waals surface area (Å²) in [5.41, 5.74) is -0.200. The number of aryl methyl sites for hydroxylation is 1. The molecule has 0 radical (unpaired) electrons. The highest BCUT2D eigenvalue weighted by Crippen LogP contribution is 2.30. The fraction of sp³-hybridized carbons (Fsp3) is 0.714. The predicted molar refractivity (Wildman–Crippen MR) is 74.8 cm³/mol. The molecular weight excluding hydrogens is 240 g/mol. The zero-order valence-electron chi connectivity index (χ0n) is 12.1. The molecule has 0 atom stereocenters. The highest BCUT2D eigenvalue weighted by molar-refractivity contribution is 5.82. The van der Waals surface area contributed by atoms with Crippen molar-refractivity contribution in [2.24, 2.45) is 12.5 Å². The Balaban J connectivity index is 1.79. The molecule has 1 saturated heterocycles. The van der Waals surface area contributed by atoms with E-state index in [1.54, 1.807) is 6.20 Å². The average molecular weight is 264 g/mol. The van der Waals surface area contributed by atoms with Crippen LogP contribution in [-0.2, 0) is 18.3 Å². The number of hydrogen-bond acceptors (Lipinski definition) is 3. The summed E-state index contributed by atoms with van der Waals surface area (Å²) >= 11 is 0. The van der Waals surface area contributed by atoms with Crippen molar-refractivity contribution < 1.29 is 4.79 Å². The molecule has 19 heavy (non-hydrogen) atoms. The summed E-state index contributed by atoms with van der Waals surface area (Å²) in [6, 6.07) is 0. The lowest BCUT2D eigenvalue weighted by Crippen LogP contribution is -2.46. The summed E-state index contributed by atoms with van der Waals surface area (Å²) in [7, 11) is 4.08. The monoisotopic (exact) mass is 264 g/mol. The molecule has 0 saturated carbocycles. The number of hydrogen-bond donors (Lipinski definition) is 1. The maximum atomic E-state index is 12.3. The molecule has 1 aromatic rings. The molecule has 0 aliphatic carbocycles. The van der Waals surface area contributed by atoms with E-state index in [9.17, 15) is 4.79 Å². The first-order valence-corrected chi connectivity index (χ1v) is 6.94. The second kappa shape index (κ2) is 5.74. The minimum absolute atomic E-state index is 0.190. The van der Waals surface area contributed by atoms with Gasteiger partial charge in [-0.1, -0.05) is 6.92 Å². The van der Waals surface area contributed by atoms with Crippen molar-refractivity contribution in [2.75, 3.05) is 26.7 Å². The second-order valence-electron chi connectivity index (χ2n) is 5.82. The molecule has 1 aromatic heterocycles. The Morgan fingerprint density at radius 3 is 2.68 bits per heavy atom. The van der Waals surface area contributed by atoms with Gasteiger partial charge in [-0.25, -0.2) is 4.98 Å². The summed E-state index contributed by atoms with van der Waals surface area (Å²) < 4.78 is 1.99. The van der Waals surface area contributed by atoms with Gasteiger partial charge >= 0.3 is 0 Å². The van der Waals surface area contributed by atoms with Gasteiger partial charge in [-0.15, -0.1) is 0 Å². The van der Waals surface area contributed by atoms with Crippen LogP contribution in [-0.4, -0.2) is 47.0 Å². The number of rotatable bonds is 4. The molecule has 1 amide bonds. The Morgan fingerprint density at radius 2 is 2.11 bits per heavy atom. The van der Waals surface area contributed by atoms with Gasteiger partial charge in [0, 0.05) is 37.8 Å². The number of carbonyl (C=O) groups excluding carboxylic acids is 1. The van der Waals surface area contributed by atoms with Gasteiger partial charge in [-0.05, 0) is 33.0 Å². The highest BCUT2D eigenvalue weighted by Gasteiger charge is 2.35. The van der Waals surface area contributed by atoms with Crippen LogP contribution < -0.4 is 5.32 Å². The van der Waals surface area contributed by atoms with E-state index in [4.69, 9.17) is 0 Å². The largest absolute Gasteiger partial charge is 0.355 e. The molecule has 1 fully saturated rings. The molecule has 5 nitrogen and oxygen atoms in total. The van der Waals surface area contributed by atoms with Crippen LogP contribution >= 0.6 is 0 Å². The van der Waals surface area contributed by atoms with Crippen molar-refractivity contribution in [3.63, 3.8) is 0 Å². The summed E-state index contributed by atoms with van der Waals surface area (Å²) in [4.78, 5) is 18.8. The Labute approximate surface area is 115 Å². The van der Waals surface area contributed by atoms with Crippen LogP contribution in [0.4, 0.5) is 0 Å². The topological polar surface area (TPSA) is 50.2 Å². The van der Waals surface area contributed by atoms with Crippen molar-refractivity contribution in [3.05, 3.63) is 18.2 Å². The molecule has 0 aromatic carbocycles. The number of amides is 1. The number of carbonyl (C=O) groups is 1. The SMILES string of the molecule is CN1CCC(C)(C(=O)NCCc2nccn2C)CC1. The Morgan fingerprint density at radius 1 is 1.42 bits per heavy atom. The van der Waals surface area contributed by atoms with E-state index in [1.807, 2.05) is 17.8 Å². The first kappa shape index (κ1) is 14.1. The van der Waals surface area contributed by atoms with Crippen molar-refractivity contribution in [3.8, 4) is 0 Å². The second-order valence-corrected chi connectivity index (χ2v) is 5.82. The van der Waals surface area contributed by atoms with E-state index in [2.05, 4.69) is 29.2 Å². The van der Waals surface area contributed by atoms with Gasteiger partial charge in [0.1, 0.15) is 5.82 Å². The summed E-state index contributed by atoms with van der Waals surface area (Å²) in [5.74, 6) is 1.20. The smallest absolute Gasteiger partial charge is 0.226 e. The number of imidazole rings is 1. The van der Waals surface area contributed by atoms with Gasteiger partial charge in [0.2, 0.25) is 5.91 Å². The van der Waals surface area contributed by atoms with Gasteiger partial charge < -0.3 is 14.8 Å². The number of likely N-dealkylation sites (tertiary alicyclic amines) is 1. The Hall–Kier alpha value is -1.36. The third-order valence-corrected chi connectivity index (χ3v) is 4.19. The van der Waals surface area contributed by atoms with Gasteiger partial charge in [0.05, 0.1) is 0 Å². The molecule has 2 heterocycles. The highest BCUT2D eigenvalue weighted by atomic mass is 16.2. The van der Waals surface area contributed by atoms with Crippen LogP contribution in [0.2, 0.25) is 0 Å². The zero-order valence-corrected chi connectivity index (χ0v) is 12.1. The maximum Gasteiger partial charge on any atom is 0.226 e. The maximum absolute atomic E-state index is 12.3. The average Bonchev–Trinajstić information content (AvgIpc) is 2.79. The van der Waals surface area contributed by atoms with E-state index in [1.165, 1.54) is 0 Å². The summed E-state index contributed by atoms with van der Waals surface area (Å²) in [5, 5.41) is 3.06. The van der Waals surface area contributed by atoms with Gasteiger partial charge in [-0.3, -0.25) is 4.79 Å². The molecule has 5 heteroatoms. The summed E-state index contributed by atoms with van der Waals surface area (Å²) in [6.45, 7) is 4.75. The minimum Gasteiger partial charge on any atom is -0.355 e. The zero-order chi connectivity index (χ0) is 13.9. The normalized spacial score (nSPS) is 19.3. The fourth-order valence-corrected chi connectivity index (χ4v) is 2.48. The molecule has 1 N–H and O–H groups in total. The van der Waals surface area contributed by atoms with E-state index in [0.717, 1.165) is 38.2 Å². The third-order valence-electron chi connectivity index (χ3n) is 4.19. The Kier molecular flexibility index (Phi) is 4.24. The lowest BCUT2D eigenvalue weighted by atomic mass is 9.79. The van der Waals surface area contributed by atoms with E-state index < -0.39 is 0 Å². The van der Waals surface area contributed by atoms with Crippen LogP contribution in [0.1, 0.15) is 25.6 Å². The van der Waals surface area contributed by atoms with Crippen molar-refractivity contribution in [1.82, 2.24) is 19.8 Å². The van der Waals surface area contributed by atoms with Gasteiger partial charge in [-0.2, -0.15) is 0 Å². The number of piperidine rings is 1. The lowest BCUT2D eigenvalue weighted by Gasteiger charge is -2.36. The first-order valence-electron chi connectivity index (χ1n) is 6.94. The predicted octanol–water partition coefficient (Wildman–Crippen LogP) is 0.811. The third kappa shape index (κ3) is 3.35. The van der Waals surface area contributed by atoms with Crippen LogP contribution in [0.15, 0.2) is 12.4 Å². The molecule has 0 unspecified atom stereocenters. The molecule has 106 valence electrons. The van der Waals surface area contributed by atoms with E-state index in [0.29, 0.717) is 6.54 Å². The quantitative estimate of drug-likeness (QED) is 0.875. The summed E-state index contributed by atoms with van der Waals surface area (Å²) in [6.07, 6.45) is 6.38. The number of nitrogens with one attached hydrogen (secondary N) is 1. The fourth-order valence-electron chi connectivity index (χ4n) is 2.48. The van der Waals surface area contributed by atoms with Gasteiger partial charge in [0.15, 0.2) is 0 Å². The van der Waals surface area contributed by atoms with Crippen LogP contribution in [0.3, 0.4) is 0 Å². The minimum atomic E-state index is -0.200. The van der Waals surface area contributed by atoms with Crippen molar-refractivity contribution in [1.29, 1.82) is 0 Å². The molecule has 0 bridgehead atoms. The van der Waals surface area contributed by atoms with Crippen molar-refractivity contribution >= 4 is 5.91 Å². The van der Waals surface area contributed by atoms with Crippen LogP contribution in [0.5, 0.6) is 0 Å². The van der Waals surface area contributed by atoms with Crippen LogP contribution in [0, 0.1) is 5.41 Å². The first-order chi connectivity index (χ1) is 9.01. The van der Waals surface area contributed by atoms with Gasteiger partial charge in [0.25, 0.3) is 0 Å². The number of nitrogens with zero attached hydrogens (tertiary/aromatic N) is 3. The number of aromatic nitrogens is 2. The van der Waals surface area contributed by atoms with Crippen molar-refractivity contribution in [2.45, 2.75) is 26.2 Å². The molecule has 0 spiro atoms. The Bertz CT molecular complexity index is 432. The lowest BCUT2D eigenvalue weighted by molar-refractivity contribution is -0.132. The van der Waals surface area contributed by atoms with E-state index >= 15 is 0 Å². The standard InChI is InChI=1S/C14H24N4O/c1-14(5-9-17(2)10-6-14)13(19)16-7-4-12-15-8-11-18(12)3/h8,11H,4-7,9-10H2,1-3H3,(H,16,19). The molecule has 1 aliphatic rings. The molecule has 1 aliphatic heterocycles.